The van der Waals surface area contributed by atoms with Crippen LogP contribution in [0.1, 0.15) is 10.4 Å². The zero-order chi connectivity index (χ0) is 17.5. The molecule has 0 aromatic heterocycles. The van der Waals surface area contributed by atoms with Crippen LogP contribution in [0.4, 0.5) is 0 Å². The van der Waals surface area contributed by atoms with Gasteiger partial charge in [0.05, 0.1) is 20.2 Å². The van der Waals surface area contributed by atoms with Gasteiger partial charge in [0.1, 0.15) is 5.75 Å². The number of nitrogens with one attached hydrogen (secondary N) is 1. The van der Waals surface area contributed by atoms with Gasteiger partial charge < -0.3 is 25.6 Å². The quantitative estimate of drug-likeness (QED) is 0.725. The number of piperazine rings is 1. The van der Waals surface area contributed by atoms with Gasteiger partial charge in [-0.2, -0.15) is 0 Å². The highest BCUT2D eigenvalue weighted by Crippen LogP contribution is 2.15. The Labute approximate surface area is 152 Å². The number of methoxy groups -OCH3 is 1. The largest absolute Gasteiger partial charge is 0.497 e. The van der Waals surface area contributed by atoms with Crippen LogP contribution in [-0.4, -0.2) is 73.9 Å². The number of nitrogens with zero attached hydrogens (tertiary/aromatic N) is 2. The van der Waals surface area contributed by atoms with Gasteiger partial charge in [-0.25, -0.2) is 0 Å². The molecule has 1 saturated heterocycles. The highest BCUT2D eigenvalue weighted by atomic mass is 35.5. The van der Waals surface area contributed by atoms with Crippen molar-refractivity contribution in [2.45, 2.75) is 0 Å². The van der Waals surface area contributed by atoms with Gasteiger partial charge in [-0.3, -0.25) is 14.4 Å². The summed E-state index contributed by atoms with van der Waals surface area (Å²) in [6.07, 6.45) is 0. The molecule has 3 amide bonds. The van der Waals surface area contributed by atoms with Gasteiger partial charge >= 0.3 is 0 Å². The molecule has 1 aliphatic rings. The van der Waals surface area contributed by atoms with Gasteiger partial charge in [0, 0.05) is 31.7 Å². The lowest BCUT2D eigenvalue weighted by atomic mass is 10.1. The van der Waals surface area contributed by atoms with Gasteiger partial charge in [-0.1, -0.05) is 6.07 Å². The molecule has 0 aliphatic carbocycles. The lowest BCUT2D eigenvalue weighted by Crippen LogP contribution is -2.52. The van der Waals surface area contributed by atoms with E-state index in [9.17, 15) is 14.4 Å². The van der Waals surface area contributed by atoms with Crippen LogP contribution in [0.15, 0.2) is 24.3 Å². The maximum Gasteiger partial charge on any atom is 0.254 e. The Hall–Kier alpha value is -2.32. The average molecular weight is 371 g/mol. The number of rotatable bonds is 5. The van der Waals surface area contributed by atoms with Crippen LogP contribution < -0.4 is 15.8 Å². The molecule has 0 spiro atoms. The first-order valence-electron chi connectivity index (χ1n) is 7.73. The van der Waals surface area contributed by atoms with E-state index in [1.807, 2.05) is 0 Å². The summed E-state index contributed by atoms with van der Waals surface area (Å²) in [6.45, 7) is 1.56. The Kier molecular flexibility index (Phi) is 8.17. The van der Waals surface area contributed by atoms with Gasteiger partial charge in [-0.15, -0.1) is 12.4 Å². The number of benzene rings is 1. The molecular formula is C16H23ClN4O4. The second-order valence-electron chi connectivity index (χ2n) is 5.39. The van der Waals surface area contributed by atoms with Crippen LogP contribution in [-0.2, 0) is 9.59 Å². The first kappa shape index (κ1) is 20.7. The number of carbonyl (C=O) groups is 3. The second-order valence-corrected chi connectivity index (χ2v) is 5.39. The summed E-state index contributed by atoms with van der Waals surface area (Å²) in [5.41, 5.74) is 5.73. The predicted octanol–water partition coefficient (Wildman–Crippen LogP) is -0.524. The molecule has 0 saturated carbocycles. The molecule has 1 aromatic carbocycles. The zero-order valence-corrected chi connectivity index (χ0v) is 14.9. The molecule has 0 radical (unpaired) electrons. The summed E-state index contributed by atoms with van der Waals surface area (Å²) in [5.74, 6) is 0.00297. The number of hydrogen-bond donors (Lipinski definition) is 2. The van der Waals surface area contributed by atoms with Gasteiger partial charge in [0.2, 0.25) is 11.8 Å². The van der Waals surface area contributed by atoms with Gasteiger partial charge in [0.25, 0.3) is 5.91 Å². The van der Waals surface area contributed by atoms with Crippen molar-refractivity contribution in [3.05, 3.63) is 29.8 Å². The average Bonchev–Trinajstić information content (AvgIpc) is 2.65. The van der Waals surface area contributed by atoms with E-state index in [4.69, 9.17) is 10.5 Å². The number of hydrogen-bond acceptors (Lipinski definition) is 5. The van der Waals surface area contributed by atoms with E-state index in [2.05, 4.69) is 5.32 Å². The summed E-state index contributed by atoms with van der Waals surface area (Å²) in [7, 11) is 1.55. The van der Waals surface area contributed by atoms with Gasteiger partial charge in [0.15, 0.2) is 0 Å². The molecule has 1 heterocycles. The third-order valence-electron chi connectivity index (χ3n) is 3.86. The zero-order valence-electron chi connectivity index (χ0n) is 14.1. The lowest BCUT2D eigenvalue weighted by molar-refractivity contribution is -0.133. The third-order valence-corrected chi connectivity index (χ3v) is 3.86. The smallest absolute Gasteiger partial charge is 0.254 e. The van der Waals surface area contributed by atoms with Crippen molar-refractivity contribution in [3.8, 4) is 5.75 Å². The van der Waals surface area contributed by atoms with Crippen LogP contribution in [0.2, 0.25) is 0 Å². The standard InChI is InChI=1S/C16H22N4O4.ClH/c1-24-13-4-2-3-12(9-13)16(23)20-7-5-19(6-8-20)15(22)11-18-14(21)10-17;/h2-4,9H,5-8,10-11,17H2,1H3,(H,18,21);1H. The Bertz CT molecular complexity index is 618. The fourth-order valence-electron chi connectivity index (χ4n) is 2.46. The monoisotopic (exact) mass is 370 g/mol. The fraction of sp³-hybridized carbons (Fsp3) is 0.438. The van der Waals surface area contributed by atoms with Crippen molar-refractivity contribution >= 4 is 30.1 Å². The molecule has 1 fully saturated rings. The Morgan fingerprint density at radius 3 is 2.40 bits per heavy atom. The van der Waals surface area contributed by atoms with E-state index >= 15 is 0 Å². The van der Waals surface area contributed by atoms with Crippen LogP contribution in [0, 0.1) is 0 Å². The maximum absolute atomic E-state index is 12.5. The summed E-state index contributed by atoms with van der Waals surface area (Å²) in [6, 6.07) is 6.99. The normalized spacial score (nSPS) is 13.7. The van der Waals surface area contributed by atoms with Crippen molar-refractivity contribution in [3.63, 3.8) is 0 Å². The summed E-state index contributed by atoms with van der Waals surface area (Å²) in [5, 5.41) is 2.45. The third kappa shape index (κ3) is 5.61. The highest BCUT2D eigenvalue weighted by Gasteiger charge is 2.25. The van der Waals surface area contributed by atoms with Crippen LogP contribution in [0.3, 0.4) is 0 Å². The maximum atomic E-state index is 12.5. The number of carbonyl (C=O) groups excluding carboxylic acids is 3. The Morgan fingerprint density at radius 2 is 1.80 bits per heavy atom. The number of nitrogens with two attached hydrogens (primary N) is 1. The van der Waals surface area contributed by atoms with Crippen LogP contribution in [0.5, 0.6) is 5.75 Å². The lowest BCUT2D eigenvalue weighted by Gasteiger charge is -2.34. The van der Waals surface area contributed by atoms with Crippen molar-refractivity contribution in [1.29, 1.82) is 0 Å². The SMILES string of the molecule is COc1cccc(C(=O)N2CCN(C(=O)CNC(=O)CN)CC2)c1.Cl. The number of amides is 3. The van der Waals surface area contributed by atoms with E-state index in [1.54, 1.807) is 41.2 Å². The van der Waals surface area contributed by atoms with Gasteiger partial charge in [-0.05, 0) is 18.2 Å². The van der Waals surface area contributed by atoms with E-state index < -0.39 is 0 Å². The second kappa shape index (κ2) is 9.85. The molecule has 0 unspecified atom stereocenters. The molecule has 25 heavy (non-hydrogen) atoms. The van der Waals surface area contributed by atoms with Crippen molar-refractivity contribution in [1.82, 2.24) is 15.1 Å². The Balaban J connectivity index is 0.00000312. The van der Waals surface area contributed by atoms with Crippen LogP contribution in [0.25, 0.3) is 0 Å². The van der Waals surface area contributed by atoms with E-state index in [0.29, 0.717) is 37.5 Å². The number of halogens is 1. The molecular weight excluding hydrogens is 348 g/mol. The van der Waals surface area contributed by atoms with E-state index in [-0.39, 0.29) is 43.2 Å². The molecule has 1 aromatic rings. The predicted molar refractivity (Wildman–Crippen MR) is 94.8 cm³/mol. The topological polar surface area (TPSA) is 105 Å². The molecule has 1 aliphatic heterocycles. The first-order valence-corrected chi connectivity index (χ1v) is 7.73. The first-order chi connectivity index (χ1) is 11.5. The molecule has 138 valence electrons. The summed E-state index contributed by atoms with van der Waals surface area (Å²) >= 11 is 0. The van der Waals surface area contributed by atoms with E-state index in [1.165, 1.54) is 0 Å². The van der Waals surface area contributed by atoms with Crippen molar-refractivity contribution < 1.29 is 19.1 Å². The van der Waals surface area contributed by atoms with E-state index in [0.717, 1.165) is 0 Å². The molecule has 0 bridgehead atoms. The highest BCUT2D eigenvalue weighted by molar-refractivity contribution is 5.95. The fourth-order valence-corrected chi connectivity index (χ4v) is 2.46. The van der Waals surface area contributed by atoms with Crippen molar-refractivity contribution in [2.24, 2.45) is 5.73 Å². The minimum absolute atomic E-state index is 0. The molecule has 2 rings (SSSR count). The molecule has 3 N–H and O–H groups in total. The number of ether oxygens (including phenoxy) is 1. The minimum Gasteiger partial charge on any atom is -0.497 e. The Morgan fingerprint density at radius 1 is 1.16 bits per heavy atom. The van der Waals surface area contributed by atoms with Crippen LogP contribution >= 0.6 is 12.4 Å². The molecule has 9 heteroatoms. The summed E-state index contributed by atoms with van der Waals surface area (Å²) in [4.78, 5) is 38.9. The summed E-state index contributed by atoms with van der Waals surface area (Å²) < 4.78 is 5.13. The molecule has 8 nitrogen and oxygen atoms in total. The minimum atomic E-state index is -0.366. The van der Waals surface area contributed by atoms with Crippen molar-refractivity contribution in [2.75, 3.05) is 46.4 Å². The molecule has 0 atom stereocenters.